The van der Waals surface area contributed by atoms with Crippen LogP contribution in [0.5, 0.6) is 0 Å². The first-order valence-electron chi connectivity index (χ1n) is 12.9. The van der Waals surface area contributed by atoms with Crippen LogP contribution in [0.3, 0.4) is 0 Å². The summed E-state index contributed by atoms with van der Waals surface area (Å²) >= 11 is 6.36. The molecule has 1 atom stereocenters. The third-order valence-corrected chi connectivity index (χ3v) is 8.50. The Morgan fingerprint density at radius 2 is 1.81 bits per heavy atom. The highest BCUT2D eigenvalue weighted by molar-refractivity contribution is 6.31. The van der Waals surface area contributed by atoms with Gasteiger partial charge in [-0.25, -0.2) is 4.39 Å². The molecule has 0 aromatic heterocycles. The number of hydrogen-bond donors (Lipinski definition) is 0. The number of fused-ring (bicyclic) bond motifs is 1. The van der Waals surface area contributed by atoms with Gasteiger partial charge in [-0.2, -0.15) is 0 Å². The van der Waals surface area contributed by atoms with Gasteiger partial charge in [0.05, 0.1) is 0 Å². The zero-order chi connectivity index (χ0) is 25.4. The minimum absolute atomic E-state index is 0.00894. The summed E-state index contributed by atoms with van der Waals surface area (Å²) in [4.78, 5) is 15.8. The van der Waals surface area contributed by atoms with Crippen LogP contribution in [-0.2, 0) is 16.6 Å². The SMILES string of the molecule is CCC1(c2ccccc2C)CCN(C(=O)C2=CC(Cc3cc(C)cc(F)c3)c3cc(Cl)ccc32)CC1. The van der Waals surface area contributed by atoms with Crippen LogP contribution >= 0.6 is 11.6 Å². The summed E-state index contributed by atoms with van der Waals surface area (Å²) in [6.45, 7) is 7.85. The van der Waals surface area contributed by atoms with E-state index in [4.69, 9.17) is 11.6 Å². The van der Waals surface area contributed by atoms with Gasteiger partial charge >= 0.3 is 0 Å². The molecular weight excluding hydrogens is 469 g/mol. The predicted octanol–water partition coefficient (Wildman–Crippen LogP) is 7.79. The van der Waals surface area contributed by atoms with Gasteiger partial charge in [0.15, 0.2) is 0 Å². The number of carbonyl (C=O) groups is 1. The van der Waals surface area contributed by atoms with Crippen molar-refractivity contribution in [1.29, 1.82) is 0 Å². The molecule has 4 heteroatoms. The quantitative estimate of drug-likeness (QED) is 0.349. The smallest absolute Gasteiger partial charge is 0.254 e. The fraction of sp³-hybridized carbons (Fsp3) is 0.344. The Labute approximate surface area is 218 Å². The molecule has 1 fully saturated rings. The summed E-state index contributed by atoms with van der Waals surface area (Å²) in [6, 6.07) is 19.6. The van der Waals surface area contributed by atoms with Crippen LogP contribution < -0.4 is 0 Å². The number of likely N-dealkylation sites (tertiary alicyclic amines) is 1. The lowest BCUT2D eigenvalue weighted by molar-refractivity contribution is -0.126. The van der Waals surface area contributed by atoms with E-state index in [1.54, 1.807) is 6.07 Å². The third kappa shape index (κ3) is 4.62. The van der Waals surface area contributed by atoms with Gasteiger partial charge in [-0.1, -0.05) is 61.0 Å². The van der Waals surface area contributed by atoms with Crippen molar-refractivity contribution >= 4 is 23.1 Å². The molecule has 0 radical (unpaired) electrons. The topological polar surface area (TPSA) is 20.3 Å². The lowest BCUT2D eigenvalue weighted by atomic mass is 9.69. The van der Waals surface area contributed by atoms with E-state index in [9.17, 15) is 9.18 Å². The van der Waals surface area contributed by atoms with Crippen molar-refractivity contribution in [3.8, 4) is 0 Å². The maximum atomic E-state index is 14.1. The van der Waals surface area contributed by atoms with Crippen LogP contribution in [0.4, 0.5) is 4.39 Å². The maximum Gasteiger partial charge on any atom is 0.254 e. The van der Waals surface area contributed by atoms with Gasteiger partial charge in [0.25, 0.3) is 5.91 Å². The molecule has 1 aliphatic heterocycles. The lowest BCUT2D eigenvalue weighted by Crippen LogP contribution is -2.45. The summed E-state index contributed by atoms with van der Waals surface area (Å²) in [5, 5.41) is 0.653. The van der Waals surface area contributed by atoms with Gasteiger partial charge < -0.3 is 4.90 Å². The number of halogens is 2. The molecule has 3 aromatic carbocycles. The number of benzene rings is 3. The number of carbonyl (C=O) groups excluding carboxylic acids is 1. The average molecular weight is 502 g/mol. The minimum atomic E-state index is -0.226. The van der Waals surface area contributed by atoms with Gasteiger partial charge in [0.2, 0.25) is 0 Å². The second-order valence-corrected chi connectivity index (χ2v) is 10.9. The summed E-state index contributed by atoms with van der Waals surface area (Å²) in [7, 11) is 0. The Kier molecular flexibility index (Phi) is 6.78. The molecule has 0 saturated carbocycles. The van der Waals surface area contributed by atoms with Crippen molar-refractivity contribution in [3.05, 3.63) is 111 Å². The lowest BCUT2D eigenvalue weighted by Gasteiger charge is -2.42. The largest absolute Gasteiger partial charge is 0.339 e. The van der Waals surface area contributed by atoms with Crippen LogP contribution in [0.25, 0.3) is 5.57 Å². The fourth-order valence-corrected chi connectivity index (χ4v) is 6.48. The van der Waals surface area contributed by atoms with E-state index in [0.717, 1.165) is 60.2 Å². The minimum Gasteiger partial charge on any atom is -0.339 e. The molecule has 0 spiro atoms. The summed E-state index contributed by atoms with van der Waals surface area (Å²) in [6.07, 6.45) is 5.71. The normalized spacial score (nSPS) is 18.6. The maximum absolute atomic E-state index is 14.1. The highest BCUT2D eigenvalue weighted by atomic mass is 35.5. The number of amides is 1. The zero-order valence-corrected chi connectivity index (χ0v) is 22.0. The van der Waals surface area contributed by atoms with Gasteiger partial charge in [0, 0.05) is 29.6 Å². The molecule has 1 saturated heterocycles. The highest BCUT2D eigenvalue weighted by Crippen LogP contribution is 2.43. The van der Waals surface area contributed by atoms with E-state index in [0.29, 0.717) is 11.4 Å². The first-order valence-corrected chi connectivity index (χ1v) is 13.3. The molecule has 2 nitrogen and oxygen atoms in total. The van der Waals surface area contributed by atoms with E-state index >= 15 is 0 Å². The van der Waals surface area contributed by atoms with Crippen LogP contribution in [0, 0.1) is 19.7 Å². The van der Waals surface area contributed by atoms with Crippen molar-refractivity contribution in [2.45, 2.75) is 57.8 Å². The monoisotopic (exact) mass is 501 g/mol. The number of nitrogens with zero attached hydrogens (tertiary/aromatic N) is 1. The van der Waals surface area contributed by atoms with Gasteiger partial charge in [-0.15, -0.1) is 0 Å². The van der Waals surface area contributed by atoms with Gasteiger partial charge in [-0.3, -0.25) is 4.79 Å². The molecule has 2 aliphatic rings. The highest BCUT2D eigenvalue weighted by Gasteiger charge is 2.38. The molecule has 1 amide bonds. The van der Waals surface area contributed by atoms with E-state index in [1.807, 2.05) is 36.1 Å². The Hall–Kier alpha value is -2.91. The fourth-order valence-electron chi connectivity index (χ4n) is 6.30. The molecule has 1 heterocycles. The van der Waals surface area contributed by atoms with Gasteiger partial charge in [-0.05, 0) is 103 Å². The number of piperidine rings is 1. The first kappa shape index (κ1) is 24.8. The summed E-state index contributed by atoms with van der Waals surface area (Å²) in [5.74, 6) is -0.146. The molecule has 0 N–H and O–H groups in total. The molecule has 36 heavy (non-hydrogen) atoms. The Bertz CT molecular complexity index is 1320. The Morgan fingerprint density at radius 1 is 1.06 bits per heavy atom. The number of rotatable bonds is 5. The van der Waals surface area contributed by atoms with Crippen molar-refractivity contribution in [2.75, 3.05) is 13.1 Å². The first-order chi connectivity index (χ1) is 17.3. The molecule has 1 unspecified atom stereocenters. The summed E-state index contributed by atoms with van der Waals surface area (Å²) < 4.78 is 14.1. The molecule has 0 bridgehead atoms. The van der Waals surface area contributed by atoms with E-state index in [2.05, 4.69) is 44.2 Å². The van der Waals surface area contributed by atoms with E-state index < -0.39 is 0 Å². The molecule has 1 aliphatic carbocycles. The second-order valence-electron chi connectivity index (χ2n) is 10.5. The van der Waals surface area contributed by atoms with Crippen molar-refractivity contribution < 1.29 is 9.18 Å². The third-order valence-electron chi connectivity index (χ3n) is 8.26. The number of aryl methyl sites for hydroxylation is 2. The van der Waals surface area contributed by atoms with Crippen LogP contribution in [0.2, 0.25) is 5.02 Å². The van der Waals surface area contributed by atoms with Crippen molar-refractivity contribution in [3.63, 3.8) is 0 Å². The van der Waals surface area contributed by atoms with Crippen LogP contribution in [0.1, 0.15) is 65.5 Å². The standard InChI is InChI=1S/C32H33ClFNO/c1-4-32(30-8-6-5-7-22(30)3)11-13-35(14-12-32)31(36)29-19-24(28-20-25(33)9-10-27(28)29)17-23-15-21(2)16-26(34)18-23/h5-10,15-16,18-20,24H,4,11-14,17H2,1-3H3. The summed E-state index contributed by atoms with van der Waals surface area (Å²) in [5.41, 5.74) is 7.45. The van der Waals surface area contributed by atoms with E-state index in [-0.39, 0.29) is 23.1 Å². The molecule has 5 rings (SSSR count). The second kappa shape index (κ2) is 9.86. The van der Waals surface area contributed by atoms with Crippen molar-refractivity contribution in [1.82, 2.24) is 4.90 Å². The molecular formula is C32H33ClFNO. The van der Waals surface area contributed by atoms with Gasteiger partial charge in [0.1, 0.15) is 5.82 Å². The Morgan fingerprint density at radius 3 is 2.50 bits per heavy atom. The number of allylic oxidation sites excluding steroid dienone is 1. The van der Waals surface area contributed by atoms with Crippen LogP contribution in [0.15, 0.2) is 66.7 Å². The molecule has 186 valence electrons. The van der Waals surface area contributed by atoms with Crippen molar-refractivity contribution in [2.24, 2.45) is 0 Å². The predicted molar refractivity (Wildman–Crippen MR) is 146 cm³/mol. The number of hydrogen-bond acceptors (Lipinski definition) is 1. The van der Waals surface area contributed by atoms with Crippen LogP contribution in [-0.4, -0.2) is 23.9 Å². The Balaban J connectivity index is 1.39. The van der Waals surface area contributed by atoms with E-state index in [1.165, 1.54) is 17.2 Å². The molecule has 3 aromatic rings. The zero-order valence-electron chi connectivity index (χ0n) is 21.3. The average Bonchev–Trinajstić information content (AvgIpc) is 3.20.